The molecule has 1 amide bonds. The fourth-order valence-electron chi connectivity index (χ4n) is 1.57. The van der Waals surface area contributed by atoms with Crippen LogP contribution < -0.4 is 10.6 Å². The Balaban J connectivity index is 2.33. The number of rotatable bonds is 3. The van der Waals surface area contributed by atoms with Crippen LogP contribution in [-0.2, 0) is 11.3 Å². The number of carbonyl (C=O) groups excluding carboxylic acids is 2. The quantitative estimate of drug-likeness (QED) is 0.684. The highest BCUT2D eigenvalue weighted by molar-refractivity contribution is 6.00. The van der Waals surface area contributed by atoms with Gasteiger partial charge in [-0.25, -0.2) is 0 Å². The summed E-state index contributed by atoms with van der Waals surface area (Å²) in [5, 5.41) is 5.69. The fourth-order valence-corrected chi connectivity index (χ4v) is 1.57. The van der Waals surface area contributed by atoms with Gasteiger partial charge in [0.05, 0.1) is 6.54 Å². The Morgan fingerprint density at radius 1 is 1.50 bits per heavy atom. The lowest BCUT2D eigenvalue weighted by atomic mass is 10.1. The highest BCUT2D eigenvalue weighted by Gasteiger charge is 2.20. The van der Waals surface area contributed by atoms with Crippen molar-refractivity contribution in [2.24, 2.45) is 0 Å². The van der Waals surface area contributed by atoms with Crippen LogP contribution >= 0.6 is 0 Å². The third-order valence-electron chi connectivity index (χ3n) is 2.22. The van der Waals surface area contributed by atoms with Gasteiger partial charge in [-0.2, -0.15) is 0 Å². The Morgan fingerprint density at radius 3 is 3.14 bits per heavy atom. The second-order valence-corrected chi connectivity index (χ2v) is 3.06. The van der Waals surface area contributed by atoms with E-state index >= 15 is 0 Å². The van der Waals surface area contributed by atoms with E-state index < -0.39 is 0 Å². The lowest BCUT2D eigenvalue weighted by molar-refractivity contribution is -0.106. The third kappa shape index (κ3) is 1.35. The number of amides is 1. The van der Waals surface area contributed by atoms with E-state index in [1.807, 2.05) is 6.07 Å². The average molecular weight is 190 g/mol. The van der Waals surface area contributed by atoms with Gasteiger partial charge in [-0.05, 0) is 12.1 Å². The fraction of sp³-hybridized carbons (Fsp3) is 0.200. The molecule has 0 aromatic heterocycles. The molecule has 2 N–H and O–H groups in total. The van der Waals surface area contributed by atoms with Crippen molar-refractivity contribution in [2.45, 2.75) is 6.54 Å². The van der Waals surface area contributed by atoms with E-state index in [1.54, 1.807) is 12.1 Å². The maximum absolute atomic E-state index is 11.3. The highest BCUT2D eigenvalue weighted by Crippen LogP contribution is 2.23. The van der Waals surface area contributed by atoms with Crippen molar-refractivity contribution < 1.29 is 9.59 Å². The zero-order valence-electron chi connectivity index (χ0n) is 7.54. The number of nitrogens with one attached hydrogen (secondary N) is 2. The molecule has 72 valence electrons. The summed E-state index contributed by atoms with van der Waals surface area (Å²) in [5.41, 5.74) is 2.49. The Kier molecular flexibility index (Phi) is 2.18. The van der Waals surface area contributed by atoms with E-state index in [4.69, 9.17) is 0 Å². The van der Waals surface area contributed by atoms with Crippen molar-refractivity contribution in [1.82, 2.24) is 5.32 Å². The summed E-state index contributed by atoms with van der Waals surface area (Å²) >= 11 is 0. The van der Waals surface area contributed by atoms with Gasteiger partial charge in [0.15, 0.2) is 0 Å². The summed E-state index contributed by atoms with van der Waals surface area (Å²) in [6.45, 7) is 0.806. The van der Waals surface area contributed by atoms with Gasteiger partial charge in [-0.15, -0.1) is 0 Å². The van der Waals surface area contributed by atoms with Crippen LogP contribution in [0.1, 0.15) is 15.9 Å². The van der Waals surface area contributed by atoms with E-state index in [0.717, 1.165) is 17.5 Å². The molecule has 1 aromatic carbocycles. The second kappa shape index (κ2) is 3.49. The molecule has 0 aliphatic carbocycles. The molecule has 1 heterocycles. The first-order chi connectivity index (χ1) is 6.83. The van der Waals surface area contributed by atoms with Crippen molar-refractivity contribution in [2.75, 3.05) is 11.9 Å². The molecule has 0 radical (unpaired) electrons. The zero-order valence-corrected chi connectivity index (χ0v) is 7.54. The monoisotopic (exact) mass is 190 g/mol. The molecular formula is C10H10N2O2. The highest BCUT2D eigenvalue weighted by atomic mass is 16.1. The summed E-state index contributed by atoms with van der Waals surface area (Å²) in [4.78, 5) is 21.5. The van der Waals surface area contributed by atoms with Gasteiger partial charge in [0.25, 0.3) is 5.91 Å². The summed E-state index contributed by atoms with van der Waals surface area (Å²) < 4.78 is 0. The molecule has 0 spiro atoms. The van der Waals surface area contributed by atoms with Crippen LogP contribution in [-0.4, -0.2) is 18.7 Å². The number of hydrogen-bond donors (Lipinski definition) is 2. The van der Waals surface area contributed by atoms with Gasteiger partial charge >= 0.3 is 0 Å². The summed E-state index contributed by atoms with van der Waals surface area (Å²) in [5.74, 6) is -0.0465. The Hall–Kier alpha value is -1.84. The maximum atomic E-state index is 11.3. The topological polar surface area (TPSA) is 58.2 Å². The molecule has 0 bridgehead atoms. The summed E-state index contributed by atoms with van der Waals surface area (Å²) in [7, 11) is 0. The molecule has 1 aliphatic heterocycles. The van der Waals surface area contributed by atoms with Crippen molar-refractivity contribution in [3.63, 3.8) is 0 Å². The predicted octanol–water partition coefficient (Wildman–Crippen LogP) is 0.541. The second-order valence-electron chi connectivity index (χ2n) is 3.06. The molecule has 0 saturated heterocycles. The molecule has 1 aromatic rings. The van der Waals surface area contributed by atoms with Gasteiger partial charge in [0.2, 0.25) is 0 Å². The standard InChI is InChI=1S/C10H10N2O2/c13-5-4-11-9-3-1-2-7-8(9)6-12-10(7)14/h1-3,5,11H,4,6H2,(H,12,14). The van der Waals surface area contributed by atoms with E-state index in [1.165, 1.54) is 0 Å². The number of anilines is 1. The summed E-state index contributed by atoms with van der Waals surface area (Å²) in [6, 6.07) is 5.45. The van der Waals surface area contributed by atoms with Crippen LogP contribution in [0, 0.1) is 0 Å². The molecule has 4 nitrogen and oxygen atoms in total. The Labute approximate surface area is 81.3 Å². The van der Waals surface area contributed by atoms with Gasteiger partial charge in [-0.3, -0.25) is 4.79 Å². The van der Waals surface area contributed by atoms with E-state index in [-0.39, 0.29) is 12.5 Å². The minimum Gasteiger partial charge on any atom is -0.378 e. The normalized spacial score (nSPS) is 13.3. The van der Waals surface area contributed by atoms with E-state index in [2.05, 4.69) is 10.6 Å². The minimum absolute atomic E-state index is 0.0465. The minimum atomic E-state index is -0.0465. The number of benzene rings is 1. The van der Waals surface area contributed by atoms with Crippen LogP contribution in [0.25, 0.3) is 0 Å². The van der Waals surface area contributed by atoms with Crippen molar-refractivity contribution in [3.05, 3.63) is 29.3 Å². The number of hydrogen-bond acceptors (Lipinski definition) is 3. The molecule has 1 aliphatic rings. The lowest BCUT2D eigenvalue weighted by Crippen LogP contribution is -2.12. The van der Waals surface area contributed by atoms with E-state index in [0.29, 0.717) is 12.1 Å². The first kappa shape index (κ1) is 8.74. The SMILES string of the molecule is O=CCNc1cccc2c1CNC2=O. The van der Waals surface area contributed by atoms with Crippen LogP contribution in [0.4, 0.5) is 5.69 Å². The number of carbonyl (C=O) groups is 2. The first-order valence-corrected chi connectivity index (χ1v) is 4.40. The predicted molar refractivity (Wildman–Crippen MR) is 52.2 cm³/mol. The van der Waals surface area contributed by atoms with Gasteiger partial charge in [-0.1, -0.05) is 6.07 Å². The maximum Gasteiger partial charge on any atom is 0.251 e. The van der Waals surface area contributed by atoms with Crippen LogP contribution in [0.15, 0.2) is 18.2 Å². The van der Waals surface area contributed by atoms with Crippen LogP contribution in [0.3, 0.4) is 0 Å². The zero-order chi connectivity index (χ0) is 9.97. The third-order valence-corrected chi connectivity index (χ3v) is 2.22. The largest absolute Gasteiger partial charge is 0.378 e. The molecule has 0 saturated carbocycles. The van der Waals surface area contributed by atoms with E-state index in [9.17, 15) is 9.59 Å². The first-order valence-electron chi connectivity index (χ1n) is 4.40. The van der Waals surface area contributed by atoms with Crippen molar-refractivity contribution >= 4 is 17.9 Å². The smallest absolute Gasteiger partial charge is 0.251 e. The number of aldehydes is 1. The summed E-state index contributed by atoms with van der Waals surface area (Å²) in [6.07, 6.45) is 0.795. The van der Waals surface area contributed by atoms with Crippen molar-refractivity contribution in [1.29, 1.82) is 0 Å². The molecule has 4 heteroatoms. The molecule has 0 fully saturated rings. The van der Waals surface area contributed by atoms with Crippen molar-refractivity contribution in [3.8, 4) is 0 Å². The molecular weight excluding hydrogens is 180 g/mol. The molecule has 14 heavy (non-hydrogen) atoms. The average Bonchev–Trinajstić information content (AvgIpc) is 2.58. The Bertz CT molecular complexity index is 388. The van der Waals surface area contributed by atoms with Crippen LogP contribution in [0.2, 0.25) is 0 Å². The van der Waals surface area contributed by atoms with Gasteiger partial charge in [0, 0.05) is 23.4 Å². The van der Waals surface area contributed by atoms with Gasteiger partial charge in [0.1, 0.15) is 6.29 Å². The van der Waals surface area contributed by atoms with Gasteiger partial charge < -0.3 is 15.4 Å². The molecule has 0 atom stereocenters. The van der Waals surface area contributed by atoms with Crippen LogP contribution in [0.5, 0.6) is 0 Å². The molecule has 2 rings (SSSR count). The lowest BCUT2D eigenvalue weighted by Gasteiger charge is -2.06. The Morgan fingerprint density at radius 2 is 2.36 bits per heavy atom. The number of fused-ring (bicyclic) bond motifs is 1. The molecule has 0 unspecified atom stereocenters.